The van der Waals surface area contributed by atoms with Gasteiger partial charge in [0.1, 0.15) is 0 Å². The van der Waals surface area contributed by atoms with Gasteiger partial charge in [0.25, 0.3) is 0 Å². The molecule has 2 heterocycles. The van der Waals surface area contributed by atoms with Gasteiger partial charge in [0.2, 0.25) is 0 Å². The zero-order chi connectivity index (χ0) is 22.3. The molecule has 2 aromatic carbocycles. The third-order valence-electron chi connectivity index (χ3n) is 6.34. The number of nitrogens with one attached hydrogen (secondary N) is 1. The number of hydrogen-bond acceptors (Lipinski definition) is 5. The van der Waals surface area contributed by atoms with Crippen LogP contribution in [0.5, 0.6) is 5.75 Å². The summed E-state index contributed by atoms with van der Waals surface area (Å²) < 4.78 is 11.0. The summed E-state index contributed by atoms with van der Waals surface area (Å²) >= 11 is 0. The molecule has 31 heavy (non-hydrogen) atoms. The number of hydrazone groups is 1. The predicted molar refractivity (Wildman–Crippen MR) is 125 cm³/mol. The monoisotopic (exact) mass is 419 g/mol. The highest BCUT2D eigenvalue weighted by Crippen LogP contribution is 2.43. The standard InChI is InChI=1S/C25H29N3O3/c1-15-10-20-19(16(2)13-25(3,4)28(20)5)11-18(15)14-26-27-24(29)22-12-17-8-7-9-21(30-6)23(17)31-22/h7-12,14,16H,13H2,1-6H3,(H,27,29)/b26-14-/t16-/m0/s1. The Hall–Kier alpha value is -3.28. The van der Waals surface area contributed by atoms with Crippen LogP contribution in [-0.4, -0.2) is 31.8 Å². The van der Waals surface area contributed by atoms with Crippen LogP contribution >= 0.6 is 0 Å². The van der Waals surface area contributed by atoms with Crippen molar-refractivity contribution in [3.05, 3.63) is 58.8 Å². The minimum Gasteiger partial charge on any atom is -0.493 e. The Morgan fingerprint density at radius 3 is 2.84 bits per heavy atom. The molecule has 1 N–H and O–H groups in total. The number of fused-ring (bicyclic) bond motifs is 2. The number of rotatable bonds is 4. The van der Waals surface area contributed by atoms with Crippen molar-refractivity contribution in [2.75, 3.05) is 19.1 Å². The minimum atomic E-state index is -0.403. The van der Waals surface area contributed by atoms with Crippen molar-refractivity contribution < 1.29 is 13.9 Å². The van der Waals surface area contributed by atoms with Crippen LogP contribution in [0.4, 0.5) is 5.69 Å². The van der Waals surface area contributed by atoms with Gasteiger partial charge < -0.3 is 14.1 Å². The van der Waals surface area contributed by atoms with Gasteiger partial charge in [-0.3, -0.25) is 4.79 Å². The van der Waals surface area contributed by atoms with Crippen LogP contribution in [0, 0.1) is 6.92 Å². The van der Waals surface area contributed by atoms with E-state index in [9.17, 15) is 4.79 Å². The molecule has 0 bridgehead atoms. The molecular weight excluding hydrogens is 390 g/mol. The number of hydrogen-bond donors (Lipinski definition) is 1. The van der Waals surface area contributed by atoms with E-state index in [-0.39, 0.29) is 11.3 Å². The lowest BCUT2D eigenvalue weighted by Crippen LogP contribution is -2.45. The molecule has 1 amide bonds. The number of para-hydroxylation sites is 1. The fourth-order valence-corrected chi connectivity index (χ4v) is 4.40. The Morgan fingerprint density at radius 1 is 1.32 bits per heavy atom. The van der Waals surface area contributed by atoms with Crippen LogP contribution < -0.4 is 15.1 Å². The molecule has 6 heteroatoms. The number of amides is 1. The van der Waals surface area contributed by atoms with Gasteiger partial charge >= 0.3 is 5.91 Å². The third kappa shape index (κ3) is 3.78. The zero-order valence-electron chi connectivity index (χ0n) is 18.9. The van der Waals surface area contributed by atoms with Gasteiger partial charge in [-0.25, -0.2) is 5.43 Å². The summed E-state index contributed by atoms with van der Waals surface area (Å²) in [5, 5.41) is 4.99. The Kier molecular flexibility index (Phi) is 5.25. The summed E-state index contributed by atoms with van der Waals surface area (Å²) in [5.74, 6) is 0.831. The molecule has 6 nitrogen and oxygen atoms in total. The molecule has 3 aromatic rings. The summed E-state index contributed by atoms with van der Waals surface area (Å²) in [7, 11) is 3.72. The summed E-state index contributed by atoms with van der Waals surface area (Å²) in [4.78, 5) is 14.9. The van der Waals surface area contributed by atoms with Crippen molar-refractivity contribution in [1.29, 1.82) is 0 Å². The SMILES string of the molecule is COc1cccc2cc(C(=O)N/N=C\c3cc4c(cc3C)N(C)C(C)(C)C[C@@H]4C)oc12. The molecule has 1 aliphatic rings. The van der Waals surface area contributed by atoms with E-state index in [0.717, 1.165) is 22.9 Å². The Bertz CT molecular complexity index is 1180. The lowest BCUT2D eigenvalue weighted by Gasteiger charge is -2.45. The molecule has 0 saturated heterocycles. The van der Waals surface area contributed by atoms with Crippen LogP contribution in [0.15, 0.2) is 45.9 Å². The second kappa shape index (κ2) is 7.76. The molecular formula is C25H29N3O3. The molecule has 0 aliphatic carbocycles. The highest BCUT2D eigenvalue weighted by Gasteiger charge is 2.34. The first-order valence-electron chi connectivity index (χ1n) is 10.5. The van der Waals surface area contributed by atoms with Crippen LogP contribution in [0.2, 0.25) is 0 Å². The fraction of sp³-hybridized carbons (Fsp3) is 0.360. The summed E-state index contributed by atoms with van der Waals surface area (Å²) in [6, 6.07) is 11.6. The van der Waals surface area contributed by atoms with Gasteiger partial charge in [0.15, 0.2) is 17.1 Å². The van der Waals surface area contributed by atoms with E-state index in [4.69, 9.17) is 9.15 Å². The van der Waals surface area contributed by atoms with E-state index in [1.165, 1.54) is 11.3 Å². The number of methoxy groups -OCH3 is 1. The quantitative estimate of drug-likeness (QED) is 0.464. The average molecular weight is 420 g/mol. The first kappa shape index (κ1) is 21.0. The minimum absolute atomic E-state index is 0.123. The van der Waals surface area contributed by atoms with Gasteiger partial charge in [-0.1, -0.05) is 19.1 Å². The topological polar surface area (TPSA) is 67.1 Å². The zero-order valence-corrected chi connectivity index (χ0v) is 18.9. The van der Waals surface area contributed by atoms with Crippen LogP contribution in [0.3, 0.4) is 0 Å². The van der Waals surface area contributed by atoms with Crippen molar-refractivity contribution in [1.82, 2.24) is 5.43 Å². The Balaban J connectivity index is 1.54. The molecule has 1 atom stereocenters. The van der Waals surface area contributed by atoms with E-state index < -0.39 is 5.91 Å². The van der Waals surface area contributed by atoms with Crippen LogP contribution in [0.25, 0.3) is 11.0 Å². The lowest BCUT2D eigenvalue weighted by molar-refractivity contribution is 0.0929. The van der Waals surface area contributed by atoms with Crippen molar-refractivity contribution in [2.24, 2.45) is 5.10 Å². The number of carbonyl (C=O) groups excluding carboxylic acids is 1. The molecule has 4 rings (SSSR count). The highest BCUT2D eigenvalue weighted by molar-refractivity contribution is 5.97. The van der Waals surface area contributed by atoms with E-state index >= 15 is 0 Å². The first-order valence-corrected chi connectivity index (χ1v) is 10.5. The maximum Gasteiger partial charge on any atom is 0.307 e. The maximum atomic E-state index is 12.5. The predicted octanol–water partition coefficient (Wildman–Crippen LogP) is 5.24. The summed E-state index contributed by atoms with van der Waals surface area (Å²) in [5.41, 5.74) is 7.92. The van der Waals surface area contributed by atoms with E-state index in [0.29, 0.717) is 17.3 Å². The van der Waals surface area contributed by atoms with Crippen molar-refractivity contribution in [2.45, 2.75) is 45.6 Å². The highest BCUT2D eigenvalue weighted by atomic mass is 16.5. The second-order valence-corrected chi connectivity index (χ2v) is 8.93. The Labute approximate surface area is 182 Å². The molecule has 162 valence electrons. The number of anilines is 1. The molecule has 0 fully saturated rings. The molecule has 1 aromatic heterocycles. The van der Waals surface area contributed by atoms with Gasteiger partial charge in [0.05, 0.1) is 13.3 Å². The smallest absolute Gasteiger partial charge is 0.307 e. The lowest BCUT2D eigenvalue weighted by atomic mass is 9.79. The number of benzene rings is 2. The largest absolute Gasteiger partial charge is 0.493 e. The fourth-order valence-electron chi connectivity index (χ4n) is 4.40. The van der Waals surface area contributed by atoms with Gasteiger partial charge in [-0.2, -0.15) is 5.10 Å². The van der Waals surface area contributed by atoms with Gasteiger partial charge in [-0.05, 0) is 74.1 Å². The molecule has 0 saturated carbocycles. The number of nitrogens with zero attached hydrogens (tertiary/aromatic N) is 2. The first-order chi connectivity index (χ1) is 14.7. The Morgan fingerprint density at radius 2 is 2.10 bits per heavy atom. The maximum absolute atomic E-state index is 12.5. The molecule has 1 aliphatic heterocycles. The molecule has 0 spiro atoms. The number of aryl methyl sites for hydroxylation is 1. The van der Waals surface area contributed by atoms with E-state index in [1.807, 2.05) is 12.1 Å². The molecule has 0 unspecified atom stereocenters. The number of carbonyl (C=O) groups is 1. The van der Waals surface area contributed by atoms with E-state index in [2.05, 4.69) is 62.3 Å². The van der Waals surface area contributed by atoms with Gasteiger partial charge in [-0.15, -0.1) is 0 Å². The van der Waals surface area contributed by atoms with Gasteiger partial charge in [0, 0.05) is 23.7 Å². The van der Waals surface area contributed by atoms with E-state index in [1.54, 1.807) is 25.5 Å². The van der Waals surface area contributed by atoms with Crippen LogP contribution in [-0.2, 0) is 0 Å². The van der Waals surface area contributed by atoms with Crippen molar-refractivity contribution in [3.63, 3.8) is 0 Å². The molecule has 0 radical (unpaired) electrons. The van der Waals surface area contributed by atoms with Crippen molar-refractivity contribution in [3.8, 4) is 5.75 Å². The normalized spacial score (nSPS) is 17.7. The summed E-state index contributed by atoms with van der Waals surface area (Å²) in [6.07, 6.45) is 2.78. The summed E-state index contributed by atoms with van der Waals surface area (Å²) in [6.45, 7) is 8.89. The van der Waals surface area contributed by atoms with Crippen LogP contribution in [0.1, 0.15) is 60.4 Å². The number of furan rings is 1. The third-order valence-corrected chi connectivity index (χ3v) is 6.34. The average Bonchev–Trinajstić information content (AvgIpc) is 3.17. The van der Waals surface area contributed by atoms with Crippen molar-refractivity contribution >= 4 is 28.8 Å². The number of ether oxygens (including phenoxy) is 1. The second-order valence-electron chi connectivity index (χ2n) is 8.93.